The number of rotatable bonds is 6. The van der Waals surface area contributed by atoms with E-state index in [-0.39, 0.29) is 5.69 Å². The van der Waals surface area contributed by atoms with Crippen molar-refractivity contribution in [2.24, 2.45) is 0 Å². The van der Waals surface area contributed by atoms with Crippen molar-refractivity contribution < 1.29 is 14.2 Å². The van der Waals surface area contributed by atoms with Crippen molar-refractivity contribution in [3.63, 3.8) is 0 Å². The molecule has 0 bridgehead atoms. The molecule has 1 aliphatic rings. The van der Waals surface area contributed by atoms with Crippen LogP contribution in [-0.2, 0) is 9.30 Å². The van der Waals surface area contributed by atoms with Gasteiger partial charge in [-0.2, -0.15) is 0 Å². The van der Waals surface area contributed by atoms with Crippen LogP contribution >= 0.6 is 7.80 Å². The van der Waals surface area contributed by atoms with Crippen LogP contribution in [0.3, 0.4) is 0 Å². The van der Waals surface area contributed by atoms with E-state index in [4.69, 9.17) is 4.74 Å². The van der Waals surface area contributed by atoms with E-state index in [1.807, 2.05) is 6.92 Å². The molecular formula is C19H34N5O4P. The number of non-ortho nitro benzene ring substituents is 1. The second-order valence-corrected chi connectivity index (χ2v) is 8.77. The van der Waals surface area contributed by atoms with Crippen LogP contribution in [-0.4, -0.2) is 74.8 Å². The highest BCUT2D eigenvalue weighted by Crippen LogP contribution is 2.31. The second kappa shape index (κ2) is 13.8. The van der Waals surface area contributed by atoms with Crippen molar-refractivity contribution in [1.29, 1.82) is 0 Å². The van der Waals surface area contributed by atoms with Gasteiger partial charge in [0, 0.05) is 56.8 Å². The van der Waals surface area contributed by atoms with Crippen LogP contribution in [0, 0.1) is 10.1 Å². The van der Waals surface area contributed by atoms with Gasteiger partial charge in [-0.15, -0.1) is 0 Å². The molecule has 1 saturated heterocycles. The van der Waals surface area contributed by atoms with Gasteiger partial charge in [-0.1, -0.05) is 0 Å². The van der Waals surface area contributed by atoms with Crippen molar-refractivity contribution in [2.45, 2.75) is 25.7 Å². The maximum Gasteiger partial charge on any atom is 0.269 e. The van der Waals surface area contributed by atoms with E-state index in [0.29, 0.717) is 11.9 Å². The predicted octanol–water partition coefficient (Wildman–Crippen LogP) is 0.965. The summed E-state index contributed by atoms with van der Waals surface area (Å²) in [6.45, 7) is 9.38. The fourth-order valence-corrected chi connectivity index (χ4v) is 4.95. The smallest absolute Gasteiger partial charge is 0.269 e. The molecule has 10 heteroatoms. The molecule has 3 N–H and O–H groups in total. The summed E-state index contributed by atoms with van der Waals surface area (Å²) >= 11 is 0. The van der Waals surface area contributed by atoms with E-state index >= 15 is 0 Å². The Bertz CT molecular complexity index is 618. The molecule has 0 aromatic heterocycles. The summed E-state index contributed by atoms with van der Waals surface area (Å²) in [7, 11) is -2.31. The van der Waals surface area contributed by atoms with Gasteiger partial charge in [-0.25, -0.2) is 0 Å². The maximum atomic E-state index is 13.3. The van der Waals surface area contributed by atoms with Crippen LogP contribution in [0.2, 0.25) is 0 Å². The van der Waals surface area contributed by atoms with Gasteiger partial charge < -0.3 is 25.3 Å². The Morgan fingerprint density at radius 3 is 2.28 bits per heavy atom. The van der Waals surface area contributed by atoms with Crippen LogP contribution in [0.5, 0.6) is 0 Å². The lowest BCUT2D eigenvalue weighted by Crippen LogP contribution is -2.42. The largest absolute Gasteiger partial charge is 0.356 e. The summed E-state index contributed by atoms with van der Waals surface area (Å²) in [5.74, 6) is -0.511. The molecule has 1 aromatic rings. The molecule has 1 heterocycles. The van der Waals surface area contributed by atoms with E-state index in [1.54, 1.807) is 12.1 Å². The third-order valence-electron chi connectivity index (χ3n) is 4.80. The topological polar surface area (TPSA) is 109 Å². The normalized spacial score (nSPS) is 20.4. The molecule has 9 nitrogen and oxygen atoms in total. The molecule has 0 radical (unpaired) electrons. The zero-order chi connectivity index (χ0) is 20.9. The van der Waals surface area contributed by atoms with Crippen molar-refractivity contribution in [2.75, 3.05) is 59.0 Å². The van der Waals surface area contributed by atoms with Gasteiger partial charge in [0.2, 0.25) is 0 Å². The molecule has 164 valence electrons. The molecule has 2 unspecified atom stereocenters. The standard InChI is InChI=1S/C19H34N5O4P/c1-2-28-19(29(27)18-7-5-17(6-8-18)24(25)26)23-15-4-11-21-13-12-20-9-3-10-22-14-16-23/h5-8,19-22,29H,2-4,9-16H2,1H3. The van der Waals surface area contributed by atoms with Crippen molar-refractivity contribution in [1.82, 2.24) is 20.9 Å². The lowest BCUT2D eigenvalue weighted by molar-refractivity contribution is -0.384. The van der Waals surface area contributed by atoms with Crippen LogP contribution < -0.4 is 21.3 Å². The van der Waals surface area contributed by atoms with E-state index < -0.39 is 18.7 Å². The number of nitrogens with one attached hydrogen (secondary N) is 3. The third-order valence-corrected chi connectivity index (χ3v) is 6.69. The van der Waals surface area contributed by atoms with E-state index in [9.17, 15) is 14.7 Å². The minimum atomic E-state index is -2.31. The Morgan fingerprint density at radius 2 is 1.66 bits per heavy atom. The summed E-state index contributed by atoms with van der Waals surface area (Å²) in [6, 6.07) is 5.98. The summed E-state index contributed by atoms with van der Waals surface area (Å²) < 4.78 is 19.2. The summed E-state index contributed by atoms with van der Waals surface area (Å²) in [6.07, 6.45) is 1.99. The van der Waals surface area contributed by atoms with E-state index in [1.165, 1.54) is 12.1 Å². The van der Waals surface area contributed by atoms with Gasteiger partial charge in [-0.3, -0.25) is 15.0 Å². The van der Waals surface area contributed by atoms with Gasteiger partial charge in [0.1, 0.15) is 7.80 Å². The quantitative estimate of drug-likeness (QED) is 0.350. The van der Waals surface area contributed by atoms with Crippen molar-refractivity contribution in [3.05, 3.63) is 34.4 Å². The number of nitrogens with zero attached hydrogens (tertiary/aromatic N) is 2. The first kappa shape index (κ1) is 23.9. The molecule has 0 amide bonds. The Hall–Kier alpha value is -1.35. The maximum absolute atomic E-state index is 13.3. The molecule has 0 spiro atoms. The van der Waals surface area contributed by atoms with Crippen LogP contribution in [0.15, 0.2) is 24.3 Å². The van der Waals surface area contributed by atoms with Crippen LogP contribution in [0.25, 0.3) is 0 Å². The molecule has 1 aromatic carbocycles. The molecule has 29 heavy (non-hydrogen) atoms. The molecule has 0 aliphatic carbocycles. The zero-order valence-corrected chi connectivity index (χ0v) is 18.2. The minimum Gasteiger partial charge on any atom is -0.356 e. The number of hydrogen-bond acceptors (Lipinski definition) is 8. The molecule has 2 atom stereocenters. The Balaban J connectivity index is 2.07. The molecule has 1 fully saturated rings. The number of benzene rings is 1. The van der Waals surface area contributed by atoms with Gasteiger partial charge >= 0.3 is 0 Å². The number of ether oxygens (including phenoxy) is 1. The molecule has 1 aliphatic heterocycles. The lowest BCUT2D eigenvalue weighted by atomic mass is 10.3. The SMILES string of the molecule is CCOC(N1CCCNCCNCCCNCC1)[PH](=O)c1ccc([N+](=O)[O-])cc1. The molecular weight excluding hydrogens is 393 g/mol. The summed E-state index contributed by atoms with van der Waals surface area (Å²) in [4.78, 5) is 12.6. The summed E-state index contributed by atoms with van der Waals surface area (Å²) in [5, 5.41) is 21.8. The first-order chi connectivity index (χ1) is 14.1. The second-order valence-electron chi connectivity index (χ2n) is 6.97. The highest BCUT2D eigenvalue weighted by Gasteiger charge is 2.26. The fourth-order valence-electron chi connectivity index (χ4n) is 3.26. The van der Waals surface area contributed by atoms with Crippen molar-refractivity contribution in [3.8, 4) is 0 Å². The zero-order valence-electron chi connectivity index (χ0n) is 17.2. The van der Waals surface area contributed by atoms with E-state index in [2.05, 4.69) is 20.9 Å². The third kappa shape index (κ3) is 8.50. The Kier molecular flexibility index (Phi) is 11.4. The highest BCUT2D eigenvalue weighted by atomic mass is 31.1. The number of hydrogen-bond donors (Lipinski definition) is 3. The van der Waals surface area contributed by atoms with Gasteiger partial charge in [0.05, 0.1) is 4.92 Å². The average molecular weight is 427 g/mol. The monoisotopic (exact) mass is 427 g/mol. The van der Waals surface area contributed by atoms with Crippen LogP contribution in [0.1, 0.15) is 19.8 Å². The first-order valence-corrected chi connectivity index (χ1v) is 11.9. The van der Waals surface area contributed by atoms with Gasteiger partial charge in [-0.05, 0) is 51.5 Å². The van der Waals surface area contributed by atoms with Crippen molar-refractivity contribution >= 4 is 18.8 Å². The Labute approximate surface area is 173 Å². The Morgan fingerprint density at radius 1 is 1.03 bits per heavy atom. The lowest BCUT2D eigenvalue weighted by Gasteiger charge is -2.31. The first-order valence-electron chi connectivity index (χ1n) is 10.4. The van der Waals surface area contributed by atoms with Gasteiger partial charge in [0.15, 0.2) is 5.97 Å². The van der Waals surface area contributed by atoms with Gasteiger partial charge in [0.25, 0.3) is 5.69 Å². The fraction of sp³-hybridized carbons (Fsp3) is 0.684. The number of nitro benzene ring substituents is 1. The van der Waals surface area contributed by atoms with Crippen LogP contribution in [0.4, 0.5) is 5.69 Å². The predicted molar refractivity (Wildman–Crippen MR) is 117 cm³/mol. The average Bonchev–Trinajstić information content (AvgIpc) is 2.73. The van der Waals surface area contributed by atoms with E-state index in [0.717, 1.165) is 65.2 Å². The minimum absolute atomic E-state index is 0.000398. The highest BCUT2D eigenvalue weighted by molar-refractivity contribution is 7.54. The molecule has 0 saturated carbocycles. The number of nitro groups is 1. The molecule has 2 rings (SSSR count). The summed E-state index contributed by atoms with van der Waals surface area (Å²) in [5.41, 5.74) is -0.000398.